The highest BCUT2D eigenvalue weighted by atomic mass is 16.4. The smallest absolute Gasteiger partial charge is 0.304 e. The average molecular weight is 309 g/mol. The lowest BCUT2D eigenvalue weighted by Crippen LogP contribution is -2.30. The number of nitrogens with zero attached hydrogens (tertiary/aromatic N) is 1. The second-order valence-electron chi connectivity index (χ2n) is 5.48. The summed E-state index contributed by atoms with van der Waals surface area (Å²) in [4.78, 5) is 36.1. The maximum absolute atomic E-state index is 12.2. The Balaban J connectivity index is 1.83. The van der Waals surface area contributed by atoms with E-state index in [9.17, 15) is 14.4 Å². The standard InChI is InChI=1S/C18H15NO4/c20-16-10-14(11-17(21)22)18(23)19(16)15-8-6-13(7-9-15)12-4-2-1-3-5-12/h1-9,14H,10-11H2,(H,21,22)/t14-/m0/s1. The highest BCUT2D eigenvalue weighted by molar-refractivity contribution is 6.21. The number of hydrogen-bond donors (Lipinski definition) is 1. The van der Waals surface area contributed by atoms with E-state index in [2.05, 4.69) is 0 Å². The number of amides is 2. The summed E-state index contributed by atoms with van der Waals surface area (Å²) < 4.78 is 0. The molecule has 0 radical (unpaired) electrons. The van der Waals surface area contributed by atoms with E-state index in [1.54, 1.807) is 12.1 Å². The van der Waals surface area contributed by atoms with Crippen molar-refractivity contribution >= 4 is 23.5 Å². The topological polar surface area (TPSA) is 74.7 Å². The fourth-order valence-electron chi connectivity index (χ4n) is 2.77. The number of carboxylic acid groups (broad SMARTS) is 1. The zero-order valence-corrected chi connectivity index (χ0v) is 12.3. The van der Waals surface area contributed by atoms with Crippen molar-refractivity contribution in [1.82, 2.24) is 0 Å². The van der Waals surface area contributed by atoms with Crippen LogP contribution in [0.15, 0.2) is 54.6 Å². The molecule has 3 rings (SSSR count). The monoisotopic (exact) mass is 309 g/mol. The third kappa shape index (κ3) is 2.99. The van der Waals surface area contributed by atoms with E-state index >= 15 is 0 Å². The van der Waals surface area contributed by atoms with Crippen molar-refractivity contribution in [3.8, 4) is 11.1 Å². The van der Waals surface area contributed by atoms with E-state index in [0.717, 1.165) is 16.0 Å². The van der Waals surface area contributed by atoms with Gasteiger partial charge in [0.25, 0.3) is 0 Å². The Morgan fingerprint density at radius 2 is 1.61 bits per heavy atom. The van der Waals surface area contributed by atoms with Gasteiger partial charge in [0.15, 0.2) is 0 Å². The van der Waals surface area contributed by atoms with Gasteiger partial charge < -0.3 is 5.11 Å². The number of hydrogen-bond acceptors (Lipinski definition) is 3. The highest BCUT2D eigenvalue weighted by Crippen LogP contribution is 2.30. The number of benzene rings is 2. The summed E-state index contributed by atoms with van der Waals surface area (Å²) in [5, 5.41) is 8.82. The normalized spacial score (nSPS) is 17.6. The molecule has 0 saturated carbocycles. The maximum Gasteiger partial charge on any atom is 0.304 e. The minimum atomic E-state index is -1.07. The van der Waals surface area contributed by atoms with Crippen LogP contribution in [0.1, 0.15) is 12.8 Å². The fraction of sp³-hybridized carbons (Fsp3) is 0.167. The Bertz CT molecular complexity index is 752. The molecule has 1 aliphatic heterocycles. The Morgan fingerprint density at radius 1 is 1.00 bits per heavy atom. The molecular weight excluding hydrogens is 294 g/mol. The second-order valence-corrected chi connectivity index (χ2v) is 5.48. The van der Waals surface area contributed by atoms with Crippen molar-refractivity contribution in [1.29, 1.82) is 0 Å². The molecule has 1 aliphatic rings. The van der Waals surface area contributed by atoms with Crippen molar-refractivity contribution in [2.75, 3.05) is 4.90 Å². The number of anilines is 1. The summed E-state index contributed by atoms with van der Waals surface area (Å²) in [7, 11) is 0. The van der Waals surface area contributed by atoms with E-state index in [-0.39, 0.29) is 18.7 Å². The first-order valence-corrected chi connectivity index (χ1v) is 7.30. The van der Waals surface area contributed by atoms with Crippen molar-refractivity contribution in [2.45, 2.75) is 12.8 Å². The second kappa shape index (κ2) is 6.04. The van der Waals surface area contributed by atoms with Gasteiger partial charge in [0.1, 0.15) is 0 Å². The van der Waals surface area contributed by atoms with E-state index < -0.39 is 17.8 Å². The van der Waals surface area contributed by atoms with Crippen LogP contribution < -0.4 is 4.90 Å². The molecule has 0 aliphatic carbocycles. The molecule has 0 spiro atoms. The van der Waals surface area contributed by atoms with E-state index in [4.69, 9.17) is 5.11 Å². The summed E-state index contributed by atoms with van der Waals surface area (Å²) in [5.74, 6) is -2.63. The van der Waals surface area contributed by atoms with Gasteiger partial charge in [-0.3, -0.25) is 19.3 Å². The van der Waals surface area contributed by atoms with Crippen LogP contribution in [-0.4, -0.2) is 22.9 Å². The number of carbonyl (C=O) groups excluding carboxylic acids is 2. The minimum absolute atomic E-state index is 0.0500. The summed E-state index contributed by atoms with van der Waals surface area (Å²) in [6, 6.07) is 16.9. The van der Waals surface area contributed by atoms with Crippen molar-refractivity contribution in [2.24, 2.45) is 5.92 Å². The molecule has 1 N–H and O–H groups in total. The van der Waals surface area contributed by atoms with Gasteiger partial charge in [0.2, 0.25) is 11.8 Å². The zero-order chi connectivity index (χ0) is 16.4. The summed E-state index contributed by atoms with van der Waals surface area (Å²) in [6.07, 6.45) is -0.366. The molecule has 2 amide bonds. The first kappa shape index (κ1) is 15.0. The quantitative estimate of drug-likeness (QED) is 0.881. The van der Waals surface area contributed by atoms with Gasteiger partial charge in [0, 0.05) is 6.42 Å². The number of carboxylic acids is 1. The van der Waals surface area contributed by atoms with Gasteiger partial charge in [-0.25, -0.2) is 0 Å². The number of carbonyl (C=O) groups is 3. The van der Waals surface area contributed by atoms with Crippen molar-refractivity contribution in [3.63, 3.8) is 0 Å². The van der Waals surface area contributed by atoms with Gasteiger partial charge >= 0.3 is 5.97 Å². The predicted octanol–water partition coefficient (Wildman–Crippen LogP) is 2.71. The maximum atomic E-state index is 12.2. The van der Waals surface area contributed by atoms with Gasteiger partial charge in [-0.1, -0.05) is 42.5 Å². The van der Waals surface area contributed by atoms with Gasteiger partial charge in [0.05, 0.1) is 18.0 Å². The van der Waals surface area contributed by atoms with E-state index in [0.29, 0.717) is 5.69 Å². The lowest BCUT2D eigenvalue weighted by atomic mass is 10.0. The third-order valence-electron chi connectivity index (χ3n) is 3.89. The Kier molecular flexibility index (Phi) is 3.93. The lowest BCUT2D eigenvalue weighted by Gasteiger charge is -2.15. The van der Waals surface area contributed by atoms with Crippen molar-refractivity contribution in [3.05, 3.63) is 54.6 Å². The Hall–Kier alpha value is -2.95. The van der Waals surface area contributed by atoms with Crippen LogP contribution in [0.4, 0.5) is 5.69 Å². The molecule has 0 aromatic heterocycles. The Labute approximate surface area is 133 Å². The number of aliphatic carboxylic acids is 1. The van der Waals surface area contributed by atoms with Crippen LogP contribution in [0.25, 0.3) is 11.1 Å². The molecule has 5 nitrogen and oxygen atoms in total. The molecule has 0 unspecified atom stereocenters. The van der Waals surface area contributed by atoms with Crippen LogP contribution in [0.5, 0.6) is 0 Å². The molecule has 1 atom stereocenters. The molecule has 2 aromatic rings. The summed E-state index contributed by atoms with van der Waals surface area (Å²) >= 11 is 0. The third-order valence-corrected chi connectivity index (χ3v) is 3.89. The average Bonchev–Trinajstić information content (AvgIpc) is 2.82. The highest BCUT2D eigenvalue weighted by Gasteiger charge is 2.40. The van der Waals surface area contributed by atoms with Gasteiger partial charge in [-0.05, 0) is 23.3 Å². The summed E-state index contributed by atoms with van der Waals surface area (Å²) in [5.41, 5.74) is 2.50. The zero-order valence-electron chi connectivity index (χ0n) is 12.3. The first-order valence-electron chi connectivity index (χ1n) is 7.30. The predicted molar refractivity (Wildman–Crippen MR) is 84.7 cm³/mol. The molecule has 1 heterocycles. The molecule has 1 fully saturated rings. The lowest BCUT2D eigenvalue weighted by molar-refractivity contribution is -0.140. The van der Waals surface area contributed by atoms with E-state index in [1.807, 2.05) is 42.5 Å². The molecule has 0 bridgehead atoms. The minimum Gasteiger partial charge on any atom is -0.481 e. The first-order chi connectivity index (χ1) is 11.1. The van der Waals surface area contributed by atoms with Crippen LogP contribution in [0, 0.1) is 5.92 Å². The largest absolute Gasteiger partial charge is 0.481 e. The molecular formula is C18H15NO4. The van der Waals surface area contributed by atoms with Crippen LogP contribution in [-0.2, 0) is 14.4 Å². The fourth-order valence-corrected chi connectivity index (χ4v) is 2.77. The van der Waals surface area contributed by atoms with Crippen LogP contribution in [0.2, 0.25) is 0 Å². The van der Waals surface area contributed by atoms with E-state index in [1.165, 1.54) is 0 Å². The van der Waals surface area contributed by atoms with Gasteiger partial charge in [-0.15, -0.1) is 0 Å². The molecule has 1 saturated heterocycles. The van der Waals surface area contributed by atoms with Gasteiger partial charge in [-0.2, -0.15) is 0 Å². The Morgan fingerprint density at radius 3 is 2.22 bits per heavy atom. The number of rotatable bonds is 4. The number of imide groups is 1. The molecule has 23 heavy (non-hydrogen) atoms. The molecule has 116 valence electrons. The molecule has 5 heteroatoms. The van der Waals surface area contributed by atoms with Crippen LogP contribution >= 0.6 is 0 Å². The summed E-state index contributed by atoms with van der Waals surface area (Å²) in [6.45, 7) is 0. The van der Waals surface area contributed by atoms with Crippen LogP contribution in [0.3, 0.4) is 0 Å². The van der Waals surface area contributed by atoms with Crippen molar-refractivity contribution < 1.29 is 19.5 Å². The SMILES string of the molecule is O=C(O)C[C@@H]1CC(=O)N(c2ccc(-c3ccccc3)cc2)C1=O. The molecule has 2 aromatic carbocycles.